The van der Waals surface area contributed by atoms with Crippen molar-refractivity contribution in [1.82, 2.24) is 5.32 Å². The Morgan fingerprint density at radius 1 is 1.45 bits per heavy atom. The third kappa shape index (κ3) is 4.72. The molecule has 1 aliphatic rings. The van der Waals surface area contributed by atoms with E-state index in [1.165, 1.54) is 0 Å². The van der Waals surface area contributed by atoms with Crippen LogP contribution in [0.2, 0.25) is 0 Å². The van der Waals surface area contributed by atoms with Crippen LogP contribution in [0.5, 0.6) is 0 Å². The molecule has 1 aliphatic carbocycles. The lowest BCUT2D eigenvalue weighted by molar-refractivity contribution is 0.101. The quantitative estimate of drug-likeness (QED) is 0.748. The van der Waals surface area contributed by atoms with E-state index in [4.69, 9.17) is 0 Å². The first-order chi connectivity index (χ1) is 9.67. The molecule has 0 spiro atoms. The molecule has 0 radical (unpaired) electrons. The molecule has 2 unspecified atom stereocenters. The second-order valence-corrected chi connectivity index (χ2v) is 6.13. The summed E-state index contributed by atoms with van der Waals surface area (Å²) in [5.74, 6) is 0.391. The van der Waals surface area contributed by atoms with Crippen molar-refractivity contribution >= 4 is 23.5 Å². The second-order valence-electron chi connectivity index (χ2n) is 5.25. The predicted molar refractivity (Wildman–Crippen MR) is 83.2 cm³/mol. The molecular formula is C15H22N2O2S. The Kier molecular flexibility index (Phi) is 5.73. The maximum Gasteiger partial charge on any atom is 0.319 e. The summed E-state index contributed by atoms with van der Waals surface area (Å²) in [5.41, 5.74) is 0.804. The van der Waals surface area contributed by atoms with E-state index in [-0.39, 0.29) is 12.1 Å². The standard InChI is InChI=1S/C15H22N2O2S/c1-20-14-7-3-5-12(9-14)17-15(19)16-10-11-4-2-6-13(18)8-11/h3,5,7,9,11,13,18H,2,4,6,8,10H2,1H3,(H2,16,17,19). The van der Waals surface area contributed by atoms with Gasteiger partial charge < -0.3 is 15.7 Å². The normalized spacial score (nSPS) is 22.3. The fourth-order valence-corrected chi connectivity index (χ4v) is 3.02. The largest absolute Gasteiger partial charge is 0.393 e. The second kappa shape index (κ2) is 7.55. The molecule has 2 atom stereocenters. The van der Waals surface area contributed by atoms with E-state index < -0.39 is 0 Å². The van der Waals surface area contributed by atoms with Crippen molar-refractivity contribution in [1.29, 1.82) is 0 Å². The van der Waals surface area contributed by atoms with Crippen molar-refractivity contribution in [2.45, 2.75) is 36.7 Å². The number of thioether (sulfide) groups is 1. The number of anilines is 1. The van der Waals surface area contributed by atoms with Crippen molar-refractivity contribution in [2.75, 3.05) is 18.1 Å². The van der Waals surface area contributed by atoms with E-state index in [2.05, 4.69) is 10.6 Å². The Labute approximate surface area is 124 Å². The number of hydrogen-bond acceptors (Lipinski definition) is 3. The Morgan fingerprint density at radius 2 is 2.30 bits per heavy atom. The van der Waals surface area contributed by atoms with Crippen molar-refractivity contribution < 1.29 is 9.90 Å². The number of carbonyl (C=O) groups is 1. The minimum absolute atomic E-state index is 0.177. The fourth-order valence-electron chi connectivity index (χ4n) is 2.56. The number of rotatable bonds is 4. The van der Waals surface area contributed by atoms with Gasteiger partial charge in [-0.25, -0.2) is 4.79 Å². The van der Waals surface area contributed by atoms with Crippen LogP contribution in [0.4, 0.5) is 10.5 Å². The first-order valence-corrected chi connectivity index (χ1v) is 8.27. The number of aliphatic hydroxyl groups excluding tert-OH is 1. The minimum Gasteiger partial charge on any atom is -0.393 e. The molecule has 4 nitrogen and oxygen atoms in total. The molecule has 2 amide bonds. The van der Waals surface area contributed by atoms with Gasteiger partial charge in [0.05, 0.1) is 6.10 Å². The highest BCUT2D eigenvalue weighted by Gasteiger charge is 2.20. The van der Waals surface area contributed by atoms with Gasteiger partial charge in [-0.1, -0.05) is 12.5 Å². The molecule has 1 saturated carbocycles. The molecule has 0 aromatic heterocycles. The van der Waals surface area contributed by atoms with E-state index in [1.807, 2.05) is 30.5 Å². The van der Waals surface area contributed by atoms with Gasteiger partial charge in [0.1, 0.15) is 0 Å². The number of benzene rings is 1. The zero-order chi connectivity index (χ0) is 14.4. The van der Waals surface area contributed by atoms with Crippen LogP contribution in [0.3, 0.4) is 0 Å². The van der Waals surface area contributed by atoms with Crippen molar-refractivity contribution in [3.8, 4) is 0 Å². The molecule has 110 valence electrons. The van der Waals surface area contributed by atoms with E-state index in [0.717, 1.165) is 36.3 Å². The monoisotopic (exact) mass is 294 g/mol. The summed E-state index contributed by atoms with van der Waals surface area (Å²) in [7, 11) is 0. The van der Waals surface area contributed by atoms with Crippen LogP contribution in [0.25, 0.3) is 0 Å². The number of carbonyl (C=O) groups excluding carboxylic acids is 1. The number of hydrogen-bond donors (Lipinski definition) is 3. The first kappa shape index (κ1) is 15.2. The van der Waals surface area contributed by atoms with Gasteiger partial charge in [0.2, 0.25) is 0 Å². The van der Waals surface area contributed by atoms with Crippen molar-refractivity contribution in [3.63, 3.8) is 0 Å². The molecule has 5 heteroatoms. The summed E-state index contributed by atoms with van der Waals surface area (Å²) in [5, 5.41) is 15.3. The smallest absolute Gasteiger partial charge is 0.319 e. The summed E-state index contributed by atoms with van der Waals surface area (Å²) >= 11 is 1.65. The topological polar surface area (TPSA) is 61.4 Å². The Bertz CT molecular complexity index is 453. The lowest BCUT2D eigenvalue weighted by atomic mass is 9.87. The summed E-state index contributed by atoms with van der Waals surface area (Å²) in [4.78, 5) is 13.0. The number of aliphatic hydroxyl groups is 1. The van der Waals surface area contributed by atoms with Gasteiger partial charge in [0, 0.05) is 17.1 Å². The zero-order valence-electron chi connectivity index (χ0n) is 11.8. The molecule has 1 aromatic carbocycles. The van der Waals surface area contributed by atoms with Gasteiger partial charge in [0.15, 0.2) is 0 Å². The van der Waals surface area contributed by atoms with Crippen LogP contribution in [0.1, 0.15) is 25.7 Å². The molecule has 0 heterocycles. The average molecular weight is 294 g/mol. The van der Waals surface area contributed by atoms with E-state index in [9.17, 15) is 9.90 Å². The lowest BCUT2D eigenvalue weighted by Crippen LogP contribution is -2.35. The van der Waals surface area contributed by atoms with Gasteiger partial charge in [0.25, 0.3) is 0 Å². The summed E-state index contributed by atoms with van der Waals surface area (Å²) < 4.78 is 0. The molecule has 0 aliphatic heterocycles. The summed E-state index contributed by atoms with van der Waals surface area (Å²) in [6.45, 7) is 0.630. The van der Waals surface area contributed by atoms with Gasteiger partial charge in [-0.15, -0.1) is 11.8 Å². The summed E-state index contributed by atoms with van der Waals surface area (Å²) in [6, 6.07) is 7.59. The Morgan fingerprint density at radius 3 is 3.05 bits per heavy atom. The maximum absolute atomic E-state index is 11.8. The SMILES string of the molecule is CSc1cccc(NC(=O)NCC2CCCC(O)C2)c1. The van der Waals surface area contributed by atoms with Gasteiger partial charge in [-0.3, -0.25) is 0 Å². The third-order valence-electron chi connectivity index (χ3n) is 3.63. The van der Waals surface area contributed by atoms with Crippen molar-refractivity contribution in [3.05, 3.63) is 24.3 Å². The van der Waals surface area contributed by atoms with Crippen LogP contribution in [0.15, 0.2) is 29.2 Å². The molecule has 0 bridgehead atoms. The average Bonchev–Trinajstić information content (AvgIpc) is 2.45. The third-order valence-corrected chi connectivity index (χ3v) is 4.36. The number of nitrogens with one attached hydrogen (secondary N) is 2. The fraction of sp³-hybridized carbons (Fsp3) is 0.533. The van der Waals surface area contributed by atoms with Crippen molar-refractivity contribution in [2.24, 2.45) is 5.92 Å². The lowest BCUT2D eigenvalue weighted by Gasteiger charge is -2.25. The minimum atomic E-state index is -0.197. The molecule has 20 heavy (non-hydrogen) atoms. The number of amides is 2. The highest BCUT2D eigenvalue weighted by molar-refractivity contribution is 7.98. The van der Waals surface area contributed by atoms with Crippen LogP contribution >= 0.6 is 11.8 Å². The van der Waals surface area contributed by atoms with Gasteiger partial charge in [-0.2, -0.15) is 0 Å². The van der Waals surface area contributed by atoms with Crippen LogP contribution in [0, 0.1) is 5.92 Å². The predicted octanol–water partition coefficient (Wildman–Crippen LogP) is 3.08. The molecular weight excluding hydrogens is 272 g/mol. The van der Waals surface area contributed by atoms with Crippen LogP contribution < -0.4 is 10.6 Å². The maximum atomic E-state index is 11.8. The molecule has 1 aromatic rings. The first-order valence-electron chi connectivity index (χ1n) is 7.04. The van der Waals surface area contributed by atoms with Crippen LogP contribution in [-0.2, 0) is 0 Å². The van der Waals surface area contributed by atoms with Gasteiger partial charge >= 0.3 is 6.03 Å². The Balaban J connectivity index is 1.77. The molecule has 1 fully saturated rings. The van der Waals surface area contributed by atoms with E-state index in [0.29, 0.717) is 12.5 Å². The molecule has 0 saturated heterocycles. The molecule has 3 N–H and O–H groups in total. The van der Waals surface area contributed by atoms with E-state index >= 15 is 0 Å². The molecule has 2 rings (SSSR count). The van der Waals surface area contributed by atoms with Crippen LogP contribution in [-0.4, -0.2) is 30.0 Å². The zero-order valence-corrected chi connectivity index (χ0v) is 12.6. The highest BCUT2D eigenvalue weighted by Crippen LogP contribution is 2.23. The summed E-state index contributed by atoms with van der Waals surface area (Å²) in [6.07, 6.45) is 5.63. The van der Waals surface area contributed by atoms with E-state index in [1.54, 1.807) is 11.8 Å². The Hall–Kier alpha value is -1.20. The van der Waals surface area contributed by atoms with Gasteiger partial charge in [-0.05, 0) is 49.6 Å². The highest BCUT2D eigenvalue weighted by atomic mass is 32.2. The number of urea groups is 1.